The molecule has 1 aromatic heterocycles. The zero-order chi connectivity index (χ0) is 16.9. The summed E-state index contributed by atoms with van der Waals surface area (Å²) < 4.78 is 7.68. The van der Waals surface area contributed by atoms with Crippen LogP contribution < -0.4 is 10.1 Å². The van der Waals surface area contributed by atoms with Gasteiger partial charge in [-0.1, -0.05) is 18.5 Å². The molecule has 0 saturated carbocycles. The van der Waals surface area contributed by atoms with Crippen LogP contribution in [0.25, 0.3) is 0 Å². The van der Waals surface area contributed by atoms with Gasteiger partial charge in [0.15, 0.2) is 0 Å². The predicted molar refractivity (Wildman–Crippen MR) is 92.2 cm³/mol. The Bertz CT molecular complexity index is 690. The van der Waals surface area contributed by atoms with Gasteiger partial charge in [0.2, 0.25) is 0 Å². The second kappa shape index (κ2) is 7.57. The molecule has 1 aliphatic rings. The van der Waals surface area contributed by atoms with Crippen molar-refractivity contribution in [1.82, 2.24) is 19.8 Å². The number of hydrogen-bond donors (Lipinski definition) is 1. The highest BCUT2D eigenvalue weighted by Crippen LogP contribution is 2.26. The Hall–Kier alpha value is -2.21. The van der Waals surface area contributed by atoms with E-state index in [2.05, 4.69) is 17.2 Å². The first-order valence-electron chi connectivity index (χ1n) is 8.08. The molecule has 2 amide bonds. The number of nitrogens with zero attached hydrogens (tertiary/aromatic N) is 3. The van der Waals surface area contributed by atoms with E-state index in [0.29, 0.717) is 31.3 Å². The Morgan fingerprint density at radius 2 is 2.38 bits per heavy atom. The van der Waals surface area contributed by atoms with E-state index in [4.69, 9.17) is 16.3 Å². The van der Waals surface area contributed by atoms with Gasteiger partial charge in [-0.2, -0.15) is 0 Å². The summed E-state index contributed by atoms with van der Waals surface area (Å²) >= 11 is 6.06. The van der Waals surface area contributed by atoms with Crippen LogP contribution in [-0.2, 0) is 13.1 Å². The lowest BCUT2D eigenvalue weighted by atomic mass is 10.2. The van der Waals surface area contributed by atoms with Crippen LogP contribution in [0.4, 0.5) is 4.79 Å². The Morgan fingerprint density at radius 3 is 3.12 bits per heavy atom. The number of benzene rings is 1. The molecule has 6 nitrogen and oxygen atoms in total. The molecule has 1 N–H and O–H groups in total. The number of carbonyl (C=O) groups excluding carboxylic acids is 1. The first-order valence-corrected chi connectivity index (χ1v) is 8.46. The maximum Gasteiger partial charge on any atom is 0.318 e. The van der Waals surface area contributed by atoms with E-state index < -0.39 is 0 Å². The van der Waals surface area contributed by atoms with Gasteiger partial charge in [0.05, 0.1) is 19.4 Å². The number of hydrogen-bond acceptors (Lipinski definition) is 3. The van der Waals surface area contributed by atoms with E-state index >= 15 is 0 Å². The van der Waals surface area contributed by atoms with E-state index in [9.17, 15) is 4.79 Å². The monoisotopic (exact) mass is 348 g/mol. The van der Waals surface area contributed by atoms with Crippen molar-refractivity contribution in [3.8, 4) is 5.75 Å². The molecule has 128 valence electrons. The van der Waals surface area contributed by atoms with E-state index in [1.807, 2.05) is 22.9 Å². The smallest absolute Gasteiger partial charge is 0.318 e. The molecule has 0 radical (unpaired) electrons. The van der Waals surface area contributed by atoms with Crippen molar-refractivity contribution < 1.29 is 9.53 Å². The summed E-state index contributed by atoms with van der Waals surface area (Å²) in [6.45, 7) is 4.26. The minimum Gasteiger partial charge on any atom is -0.491 e. The number of carbonyl (C=O) groups is 1. The summed E-state index contributed by atoms with van der Waals surface area (Å²) in [5.41, 5.74) is 0.929. The number of nitrogens with one attached hydrogen (secondary N) is 1. The summed E-state index contributed by atoms with van der Waals surface area (Å²) in [4.78, 5) is 18.4. The second-order valence-corrected chi connectivity index (χ2v) is 6.27. The first-order chi connectivity index (χ1) is 11.7. The van der Waals surface area contributed by atoms with Gasteiger partial charge in [-0.15, -0.1) is 0 Å². The average molecular weight is 349 g/mol. The highest BCUT2D eigenvalue weighted by molar-refractivity contribution is 6.30. The van der Waals surface area contributed by atoms with Crippen LogP contribution in [0, 0.1) is 0 Å². The number of ether oxygens (including phenoxy) is 1. The third-order valence-corrected chi connectivity index (χ3v) is 4.34. The molecule has 7 heteroatoms. The molecule has 2 aromatic rings. The maximum absolute atomic E-state index is 12.6. The van der Waals surface area contributed by atoms with Crippen molar-refractivity contribution in [3.05, 3.63) is 47.5 Å². The Balaban J connectivity index is 1.65. The number of halogens is 1. The van der Waals surface area contributed by atoms with Gasteiger partial charge in [0, 0.05) is 35.6 Å². The highest BCUT2D eigenvalue weighted by Gasteiger charge is 2.22. The number of fused-ring (bicyclic) bond motifs is 1. The molecule has 2 heterocycles. The Kier molecular flexibility index (Phi) is 5.25. The molecule has 0 unspecified atom stereocenters. The molecular weight excluding hydrogens is 328 g/mol. The third kappa shape index (κ3) is 4.00. The molecule has 1 atom stereocenters. The number of imidazole rings is 1. The van der Waals surface area contributed by atoms with Gasteiger partial charge in [-0.3, -0.25) is 0 Å². The second-order valence-electron chi connectivity index (χ2n) is 5.84. The lowest BCUT2D eigenvalue weighted by Gasteiger charge is -2.24. The van der Waals surface area contributed by atoms with Crippen LogP contribution in [-0.4, -0.2) is 39.7 Å². The molecule has 1 aromatic carbocycles. The summed E-state index contributed by atoms with van der Waals surface area (Å²) in [6.07, 6.45) is 6.23. The first kappa shape index (κ1) is 16.6. The van der Waals surface area contributed by atoms with Crippen LogP contribution in [0.5, 0.6) is 5.75 Å². The molecule has 0 fully saturated rings. The SMILES string of the molecule is CC[C@H](Cn1ccnc1)NC(=O)N1CCOc2ccc(Cl)cc2C1. The van der Waals surface area contributed by atoms with Crippen molar-refractivity contribution >= 4 is 17.6 Å². The zero-order valence-electron chi connectivity index (χ0n) is 13.6. The minimum atomic E-state index is -0.0848. The molecular formula is C17H21ClN4O2. The quantitative estimate of drug-likeness (QED) is 0.924. The van der Waals surface area contributed by atoms with Gasteiger partial charge < -0.3 is 19.5 Å². The van der Waals surface area contributed by atoms with Crippen molar-refractivity contribution in [2.24, 2.45) is 0 Å². The standard InChI is InChI=1S/C17H21ClN4O2/c1-2-15(11-21-6-5-19-12-21)20-17(23)22-7-8-24-16-4-3-14(18)9-13(16)10-22/h3-6,9,12,15H,2,7-8,10-11H2,1H3,(H,20,23)/t15-/m1/s1. The van der Waals surface area contributed by atoms with Crippen LogP contribution in [0.3, 0.4) is 0 Å². The molecule has 3 rings (SSSR count). The number of amides is 2. The summed E-state index contributed by atoms with van der Waals surface area (Å²) in [7, 11) is 0. The van der Waals surface area contributed by atoms with Crippen molar-refractivity contribution in [1.29, 1.82) is 0 Å². The number of urea groups is 1. The molecule has 0 saturated heterocycles. The molecule has 1 aliphatic heterocycles. The van der Waals surface area contributed by atoms with Crippen molar-refractivity contribution in [2.75, 3.05) is 13.2 Å². The fraction of sp³-hybridized carbons (Fsp3) is 0.412. The van der Waals surface area contributed by atoms with Crippen molar-refractivity contribution in [2.45, 2.75) is 32.5 Å². The largest absolute Gasteiger partial charge is 0.491 e. The lowest BCUT2D eigenvalue weighted by molar-refractivity contribution is 0.182. The van der Waals surface area contributed by atoms with Crippen molar-refractivity contribution in [3.63, 3.8) is 0 Å². The maximum atomic E-state index is 12.6. The third-order valence-electron chi connectivity index (χ3n) is 4.10. The highest BCUT2D eigenvalue weighted by atomic mass is 35.5. The van der Waals surface area contributed by atoms with E-state index in [1.54, 1.807) is 23.5 Å². The molecule has 0 spiro atoms. The number of aromatic nitrogens is 2. The molecule has 0 bridgehead atoms. The summed E-state index contributed by atoms with van der Waals surface area (Å²) in [6, 6.07) is 5.47. The van der Waals surface area contributed by atoms with Crippen LogP contribution in [0.15, 0.2) is 36.9 Å². The van der Waals surface area contributed by atoms with Gasteiger partial charge in [0.1, 0.15) is 12.4 Å². The topological polar surface area (TPSA) is 59.4 Å². The molecule has 24 heavy (non-hydrogen) atoms. The van der Waals surface area contributed by atoms with Crippen LogP contribution in [0.2, 0.25) is 5.02 Å². The van der Waals surface area contributed by atoms with Gasteiger partial charge in [-0.05, 0) is 24.6 Å². The average Bonchev–Trinajstić information content (AvgIpc) is 2.98. The van der Waals surface area contributed by atoms with Crippen LogP contribution in [0.1, 0.15) is 18.9 Å². The zero-order valence-corrected chi connectivity index (χ0v) is 14.4. The molecule has 0 aliphatic carbocycles. The normalized spacial score (nSPS) is 15.2. The van der Waals surface area contributed by atoms with Crippen LogP contribution >= 0.6 is 11.6 Å². The van der Waals surface area contributed by atoms with Gasteiger partial charge >= 0.3 is 6.03 Å². The van der Waals surface area contributed by atoms with E-state index in [0.717, 1.165) is 17.7 Å². The van der Waals surface area contributed by atoms with E-state index in [-0.39, 0.29) is 12.1 Å². The summed E-state index contributed by atoms with van der Waals surface area (Å²) in [5, 5.41) is 3.74. The fourth-order valence-electron chi connectivity index (χ4n) is 2.73. The van der Waals surface area contributed by atoms with Gasteiger partial charge in [0.25, 0.3) is 0 Å². The Morgan fingerprint density at radius 1 is 1.50 bits per heavy atom. The lowest BCUT2D eigenvalue weighted by Crippen LogP contribution is -2.46. The predicted octanol–water partition coefficient (Wildman–Crippen LogP) is 2.92. The minimum absolute atomic E-state index is 0.0507. The van der Waals surface area contributed by atoms with Gasteiger partial charge in [-0.25, -0.2) is 9.78 Å². The number of rotatable bonds is 4. The van der Waals surface area contributed by atoms with E-state index in [1.165, 1.54) is 0 Å². The summed E-state index contributed by atoms with van der Waals surface area (Å²) in [5.74, 6) is 0.792. The Labute approximate surface area is 146 Å². The fourth-order valence-corrected chi connectivity index (χ4v) is 2.92.